The molecular weight excluding hydrogens is 328 g/mol. The van der Waals surface area contributed by atoms with Crippen LogP contribution in [0.5, 0.6) is 0 Å². The SMILES string of the molecule is O=C(O)NCCNc1ccc2c(c1)C(=O)N(C1CCC(=O)NC1=O)C2. The van der Waals surface area contributed by atoms with Crippen LogP contribution in [0.2, 0.25) is 0 Å². The molecule has 1 atom stereocenters. The number of nitrogens with zero attached hydrogens (tertiary/aromatic N) is 1. The van der Waals surface area contributed by atoms with E-state index >= 15 is 0 Å². The van der Waals surface area contributed by atoms with Crippen molar-refractivity contribution in [1.82, 2.24) is 15.5 Å². The van der Waals surface area contributed by atoms with Crippen molar-refractivity contribution in [3.63, 3.8) is 0 Å². The molecule has 0 aliphatic carbocycles. The van der Waals surface area contributed by atoms with Crippen LogP contribution in [0.15, 0.2) is 18.2 Å². The highest BCUT2D eigenvalue weighted by Gasteiger charge is 2.39. The smallest absolute Gasteiger partial charge is 0.404 e. The van der Waals surface area contributed by atoms with Gasteiger partial charge in [0.25, 0.3) is 5.91 Å². The third-order valence-corrected chi connectivity index (χ3v) is 4.26. The number of carbonyl (C=O) groups is 4. The molecule has 1 unspecified atom stereocenters. The molecule has 3 rings (SSSR count). The fourth-order valence-electron chi connectivity index (χ4n) is 3.04. The van der Waals surface area contributed by atoms with Gasteiger partial charge in [0.15, 0.2) is 0 Å². The van der Waals surface area contributed by atoms with Crippen molar-refractivity contribution >= 4 is 29.5 Å². The van der Waals surface area contributed by atoms with E-state index < -0.39 is 18.0 Å². The summed E-state index contributed by atoms with van der Waals surface area (Å²) < 4.78 is 0. The summed E-state index contributed by atoms with van der Waals surface area (Å²) in [4.78, 5) is 47.8. The first-order chi connectivity index (χ1) is 12.0. The minimum Gasteiger partial charge on any atom is -0.465 e. The van der Waals surface area contributed by atoms with Crippen LogP contribution in [0.1, 0.15) is 28.8 Å². The van der Waals surface area contributed by atoms with E-state index in [2.05, 4.69) is 16.0 Å². The van der Waals surface area contributed by atoms with Crippen LogP contribution < -0.4 is 16.0 Å². The number of imide groups is 1. The van der Waals surface area contributed by atoms with Crippen LogP contribution >= 0.6 is 0 Å². The number of hydrogen-bond donors (Lipinski definition) is 4. The summed E-state index contributed by atoms with van der Waals surface area (Å²) in [5, 5.41) is 16.1. The lowest BCUT2D eigenvalue weighted by Gasteiger charge is -2.29. The third-order valence-electron chi connectivity index (χ3n) is 4.26. The van der Waals surface area contributed by atoms with Gasteiger partial charge in [0, 0.05) is 37.3 Å². The van der Waals surface area contributed by atoms with E-state index in [1.165, 1.54) is 4.90 Å². The van der Waals surface area contributed by atoms with E-state index in [1.54, 1.807) is 12.1 Å². The number of fused-ring (bicyclic) bond motifs is 1. The topological polar surface area (TPSA) is 128 Å². The lowest BCUT2D eigenvalue weighted by molar-refractivity contribution is -0.136. The Labute approximate surface area is 143 Å². The lowest BCUT2D eigenvalue weighted by atomic mass is 10.0. The number of nitrogens with one attached hydrogen (secondary N) is 3. The molecule has 132 valence electrons. The van der Waals surface area contributed by atoms with Crippen molar-refractivity contribution in [2.75, 3.05) is 18.4 Å². The lowest BCUT2D eigenvalue weighted by Crippen LogP contribution is -2.52. The van der Waals surface area contributed by atoms with Crippen molar-refractivity contribution < 1.29 is 24.3 Å². The highest BCUT2D eigenvalue weighted by Crippen LogP contribution is 2.29. The van der Waals surface area contributed by atoms with Crippen molar-refractivity contribution in [2.45, 2.75) is 25.4 Å². The molecule has 1 fully saturated rings. The molecule has 2 aliphatic heterocycles. The number of amides is 4. The first kappa shape index (κ1) is 16.7. The minimum atomic E-state index is -1.09. The van der Waals surface area contributed by atoms with Gasteiger partial charge >= 0.3 is 6.09 Å². The Hall–Kier alpha value is -3.10. The molecule has 4 N–H and O–H groups in total. The first-order valence-electron chi connectivity index (χ1n) is 7.94. The Kier molecular flexibility index (Phi) is 4.55. The molecular formula is C16H18N4O5. The van der Waals surface area contributed by atoms with Crippen molar-refractivity contribution in [3.8, 4) is 0 Å². The largest absolute Gasteiger partial charge is 0.465 e. The Bertz CT molecular complexity index is 748. The molecule has 9 heteroatoms. The first-order valence-corrected chi connectivity index (χ1v) is 7.94. The number of benzene rings is 1. The summed E-state index contributed by atoms with van der Waals surface area (Å²) in [6.07, 6.45) is -0.540. The highest BCUT2D eigenvalue weighted by atomic mass is 16.4. The molecule has 4 amide bonds. The zero-order valence-electron chi connectivity index (χ0n) is 13.4. The maximum atomic E-state index is 12.6. The Morgan fingerprint density at radius 1 is 1.28 bits per heavy atom. The van der Waals surface area contributed by atoms with Gasteiger partial charge in [-0.3, -0.25) is 19.7 Å². The van der Waals surface area contributed by atoms with Crippen LogP contribution in [0, 0.1) is 0 Å². The Morgan fingerprint density at radius 3 is 2.80 bits per heavy atom. The van der Waals surface area contributed by atoms with Gasteiger partial charge in [0.05, 0.1) is 0 Å². The molecule has 1 aromatic rings. The molecule has 0 saturated carbocycles. The Balaban J connectivity index is 1.66. The van der Waals surface area contributed by atoms with Crippen LogP contribution in [-0.2, 0) is 16.1 Å². The maximum Gasteiger partial charge on any atom is 0.404 e. The normalized spacial score (nSPS) is 19.4. The zero-order valence-corrected chi connectivity index (χ0v) is 13.4. The van der Waals surface area contributed by atoms with Crippen LogP contribution in [0.4, 0.5) is 10.5 Å². The molecule has 1 aromatic carbocycles. The van der Waals surface area contributed by atoms with Crippen molar-refractivity contribution in [1.29, 1.82) is 0 Å². The molecule has 25 heavy (non-hydrogen) atoms. The van der Waals surface area contributed by atoms with Crippen molar-refractivity contribution in [2.24, 2.45) is 0 Å². The fraction of sp³-hybridized carbons (Fsp3) is 0.375. The van der Waals surface area contributed by atoms with Gasteiger partial charge in [-0.15, -0.1) is 0 Å². The average molecular weight is 346 g/mol. The summed E-state index contributed by atoms with van der Waals surface area (Å²) >= 11 is 0. The number of carboxylic acid groups (broad SMARTS) is 1. The van der Waals surface area contributed by atoms with E-state index in [0.717, 1.165) is 5.56 Å². The second-order valence-electron chi connectivity index (χ2n) is 5.93. The molecule has 0 bridgehead atoms. The van der Waals surface area contributed by atoms with E-state index in [0.29, 0.717) is 30.8 Å². The van der Waals surface area contributed by atoms with Crippen LogP contribution in [0.25, 0.3) is 0 Å². The zero-order chi connectivity index (χ0) is 18.0. The van der Waals surface area contributed by atoms with Gasteiger partial charge in [-0.2, -0.15) is 0 Å². The molecule has 2 aliphatic rings. The number of anilines is 1. The van der Waals surface area contributed by atoms with Crippen molar-refractivity contribution in [3.05, 3.63) is 29.3 Å². The summed E-state index contributed by atoms with van der Waals surface area (Å²) in [6, 6.07) is 4.69. The van der Waals surface area contributed by atoms with Gasteiger partial charge in [0.2, 0.25) is 11.8 Å². The molecule has 9 nitrogen and oxygen atoms in total. The fourth-order valence-corrected chi connectivity index (χ4v) is 3.04. The van der Waals surface area contributed by atoms with E-state index in [4.69, 9.17) is 5.11 Å². The number of hydrogen-bond acceptors (Lipinski definition) is 5. The van der Waals surface area contributed by atoms with Crippen LogP contribution in [-0.4, -0.2) is 53.0 Å². The highest BCUT2D eigenvalue weighted by molar-refractivity contribution is 6.05. The van der Waals surface area contributed by atoms with Gasteiger partial charge < -0.3 is 20.6 Å². The average Bonchev–Trinajstić information content (AvgIpc) is 2.88. The quantitative estimate of drug-likeness (QED) is 0.443. The second kappa shape index (κ2) is 6.80. The molecule has 2 heterocycles. The van der Waals surface area contributed by atoms with Gasteiger partial charge in [-0.25, -0.2) is 4.79 Å². The Morgan fingerprint density at radius 2 is 2.08 bits per heavy atom. The van der Waals surface area contributed by atoms with Gasteiger partial charge in [0.1, 0.15) is 6.04 Å². The molecule has 0 radical (unpaired) electrons. The number of carbonyl (C=O) groups excluding carboxylic acids is 3. The predicted octanol–water partition coefficient (Wildman–Crippen LogP) is 0.127. The van der Waals surface area contributed by atoms with E-state index in [1.807, 2.05) is 6.07 Å². The summed E-state index contributed by atoms with van der Waals surface area (Å²) in [6.45, 7) is 0.959. The molecule has 1 saturated heterocycles. The monoisotopic (exact) mass is 346 g/mol. The van der Waals surface area contributed by atoms with E-state index in [-0.39, 0.29) is 24.8 Å². The van der Waals surface area contributed by atoms with E-state index in [9.17, 15) is 19.2 Å². The van der Waals surface area contributed by atoms with Gasteiger partial charge in [-0.1, -0.05) is 6.07 Å². The number of rotatable bonds is 5. The minimum absolute atomic E-state index is 0.222. The maximum absolute atomic E-state index is 12.6. The number of piperidine rings is 1. The summed E-state index contributed by atoms with van der Waals surface area (Å²) in [5.74, 6) is -0.987. The summed E-state index contributed by atoms with van der Waals surface area (Å²) in [5.41, 5.74) is 2.04. The molecule has 0 spiro atoms. The van der Waals surface area contributed by atoms with Crippen LogP contribution in [0.3, 0.4) is 0 Å². The summed E-state index contributed by atoms with van der Waals surface area (Å²) in [7, 11) is 0. The second-order valence-corrected chi connectivity index (χ2v) is 5.93. The molecule has 0 aromatic heterocycles. The standard InChI is InChI=1S/C16H18N4O5/c21-13-4-3-12(14(22)19-13)20-8-9-1-2-10(7-11(9)15(20)23)17-5-6-18-16(24)25/h1-2,7,12,17-18H,3-6,8H2,(H,24,25)(H,19,21,22). The van der Waals surface area contributed by atoms with Gasteiger partial charge in [-0.05, 0) is 24.1 Å². The third kappa shape index (κ3) is 3.54. The predicted molar refractivity (Wildman–Crippen MR) is 87.0 cm³/mol.